The van der Waals surface area contributed by atoms with Crippen LogP contribution in [-0.4, -0.2) is 5.78 Å². The molecule has 0 aromatic carbocycles. The molecule has 0 aromatic rings. The first-order chi connectivity index (χ1) is 6.88. The largest absolute Gasteiger partial charge is 0.299 e. The number of carbonyl (C=O) groups excluding carboxylic acids is 1. The molecular formula is C14H26O. The molecular weight excluding hydrogens is 184 g/mol. The number of ketones is 1. The van der Waals surface area contributed by atoms with Gasteiger partial charge in [-0.2, -0.15) is 0 Å². The summed E-state index contributed by atoms with van der Waals surface area (Å²) in [5.74, 6) is 1.76. The van der Waals surface area contributed by atoms with E-state index in [1.54, 1.807) is 0 Å². The van der Waals surface area contributed by atoms with Gasteiger partial charge in [-0.25, -0.2) is 0 Å². The highest BCUT2D eigenvalue weighted by Crippen LogP contribution is 2.31. The van der Waals surface area contributed by atoms with Crippen molar-refractivity contribution in [2.75, 3.05) is 0 Å². The Kier molecular flexibility index (Phi) is 4.36. The second-order valence-electron chi connectivity index (χ2n) is 6.48. The van der Waals surface area contributed by atoms with Crippen molar-refractivity contribution in [3.8, 4) is 0 Å². The number of Topliss-reactive ketones (excluding diaryl/α,β-unsaturated/α-hetero) is 1. The maximum Gasteiger partial charge on any atom is 0.135 e. The van der Waals surface area contributed by atoms with Crippen molar-refractivity contribution in [3.05, 3.63) is 0 Å². The first-order valence-electron chi connectivity index (χ1n) is 6.41. The van der Waals surface area contributed by atoms with Gasteiger partial charge in [0.1, 0.15) is 5.78 Å². The molecule has 0 aromatic heterocycles. The monoisotopic (exact) mass is 210 g/mol. The van der Waals surface area contributed by atoms with Gasteiger partial charge >= 0.3 is 0 Å². The fourth-order valence-corrected chi connectivity index (χ4v) is 2.28. The molecule has 0 saturated heterocycles. The highest BCUT2D eigenvalue weighted by molar-refractivity contribution is 5.81. The van der Waals surface area contributed by atoms with E-state index in [2.05, 4.69) is 27.7 Å². The average molecular weight is 210 g/mol. The Morgan fingerprint density at radius 2 is 1.67 bits per heavy atom. The van der Waals surface area contributed by atoms with E-state index in [1.165, 1.54) is 12.8 Å². The van der Waals surface area contributed by atoms with Gasteiger partial charge in [0.25, 0.3) is 0 Å². The molecule has 1 fully saturated rings. The van der Waals surface area contributed by atoms with Crippen LogP contribution in [0.3, 0.4) is 0 Å². The summed E-state index contributed by atoms with van der Waals surface area (Å²) in [6.07, 6.45) is 6.63. The van der Waals surface area contributed by atoms with Crippen LogP contribution < -0.4 is 0 Å². The minimum Gasteiger partial charge on any atom is -0.299 e. The summed E-state index contributed by atoms with van der Waals surface area (Å²) in [6, 6.07) is 0. The Labute approximate surface area is 94.6 Å². The van der Waals surface area contributed by atoms with Gasteiger partial charge < -0.3 is 0 Å². The van der Waals surface area contributed by atoms with Crippen molar-refractivity contribution in [2.24, 2.45) is 17.3 Å². The highest BCUT2D eigenvalue weighted by atomic mass is 16.1. The molecule has 0 aliphatic heterocycles. The maximum atomic E-state index is 12.0. The number of rotatable bonds is 3. The normalized spacial score (nSPS) is 27.7. The first kappa shape index (κ1) is 12.7. The fraction of sp³-hybridized carbons (Fsp3) is 0.929. The van der Waals surface area contributed by atoms with Crippen LogP contribution in [0.25, 0.3) is 0 Å². The minimum absolute atomic E-state index is 0.303. The minimum atomic E-state index is 0.303. The van der Waals surface area contributed by atoms with Crippen LogP contribution >= 0.6 is 0 Å². The van der Waals surface area contributed by atoms with Gasteiger partial charge in [-0.1, -0.05) is 40.5 Å². The lowest BCUT2D eigenvalue weighted by atomic mass is 9.78. The average Bonchev–Trinajstić information content (AvgIpc) is 2.14. The van der Waals surface area contributed by atoms with Crippen molar-refractivity contribution in [1.29, 1.82) is 0 Å². The molecule has 1 nitrogen and oxygen atoms in total. The molecule has 0 unspecified atom stereocenters. The lowest BCUT2D eigenvalue weighted by molar-refractivity contribution is -0.124. The number of carbonyl (C=O) groups is 1. The third-order valence-corrected chi connectivity index (χ3v) is 3.59. The zero-order valence-electron chi connectivity index (χ0n) is 10.8. The molecule has 0 atom stereocenters. The Hall–Kier alpha value is -0.330. The summed E-state index contributed by atoms with van der Waals surface area (Å²) in [5.41, 5.74) is 0.303. The van der Waals surface area contributed by atoms with Crippen LogP contribution in [0.5, 0.6) is 0 Å². The second-order valence-corrected chi connectivity index (χ2v) is 6.48. The van der Waals surface area contributed by atoms with Crippen molar-refractivity contribution >= 4 is 5.78 Å². The Morgan fingerprint density at radius 3 is 2.13 bits per heavy atom. The number of hydrogen-bond donors (Lipinski definition) is 0. The molecule has 1 aliphatic carbocycles. The van der Waals surface area contributed by atoms with E-state index < -0.39 is 0 Å². The standard InChI is InChI=1S/C14H26O/c1-11-5-7-12(8-6-11)13(15)9-10-14(2,3)4/h11-12H,5-10H2,1-4H3. The molecule has 0 bridgehead atoms. The predicted octanol–water partition coefficient (Wildman–Crippen LogP) is 4.21. The lowest BCUT2D eigenvalue weighted by Gasteiger charge is -2.26. The number of hydrogen-bond acceptors (Lipinski definition) is 1. The smallest absolute Gasteiger partial charge is 0.135 e. The molecule has 1 heteroatoms. The third kappa shape index (κ3) is 4.81. The van der Waals surface area contributed by atoms with E-state index in [-0.39, 0.29) is 0 Å². The zero-order valence-corrected chi connectivity index (χ0v) is 10.8. The molecule has 88 valence electrons. The quantitative estimate of drug-likeness (QED) is 0.682. The van der Waals surface area contributed by atoms with E-state index >= 15 is 0 Å². The van der Waals surface area contributed by atoms with Gasteiger partial charge in [-0.15, -0.1) is 0 Å². The molecule has 0 amide bonds. The Morgan fingerprint density at radius 1 is 1.13 bits per heavy atom. The van der Waals surface area contributed by atoms with E-state index in [1.807, 2.05) is 0 Å². The molecule has 0 heterocycles. The van der Waals surface area contributed by atoms with Crippen molar-refractivity contribution in [1.82, 2.24) is 0 Å². The SMILES string of the molecule is CC1CCC(C(=O)CCC(C)(C)C)CC1. The van der Waals surface area contributed by atoms with Crippen molar-refractivity contribution < 1.29 is 4.79 Å². The van der Waals surface area contributed by atoms with Crippen molar-refractivity contribution in [3.63, 3.8) is 0 Å². The zero-order chi connectivity index (χ0) is 11.5. The molecule has 1 aliphatic rings. The second kappa shape index (κ2) is 5.14. The molecule has 0 N–H and O–H groups in total. The maximum absolute atomic E-state index is 12.0. The Balaban J connectivity index is 2.29. The van der Waals surface area contributed by atoms with E-state index in [0.29, 0.717) is 17.1 Å². The van der Waals surface area contributed by atoms with Crippen LogP contribution in [0, 0.1) is 17.3 Å². The first-order valence-corrected chi connectivity index (χ1v) is 6.41. The van der Waals surface area contributed by atoms with Gasteiger partial charge in [0.05, 0.1) is 0 Å². The summed E-state index contributed by atoms with van der Waals surface area (Å²) in [6.45, 7) is 8.94. The summed E-state index contributed by atoms with van der Waals surface area (Å²) < 4.78 is 0. The fourth-order valence-electron chi connectivity index (χ4n) is 2.28. The van der Waals surface area contributed by atoms with Gasteiger partial charge in [-0.3, -0.25) is 4.79 Å². The lowest BCUT2D eigenvalue weighted by Crippen LogP contribution is -2.22. The van der Waals surface area contributed by atoms with E-state index in [9.17, 15) is 4.79 Å². The summed E-state index contributed by atoms with van der Waals surface area (Å²) in [5, 5.41) is 0. The van der Waals surface area contributed by atoms with Crippen LogP contribution in [0.1, 0.15) is 66.2 Å². The summed E-state index contributed by atoms with van der Waals surface area (Å²) in [4.78, 5) is 12.0. The molecule has 0 radical (unpaired) electrons. The van der Waals surface area contributed by atoms with Gasteiger partial charge in [0.15, 0.2) is 0 Å². The van der Waals surface area contributed by atoms with E-state index in [0.717, 1.165) is 31.6 Å². The van der Waals surface area contributed by atoms with E-state index in [4.69, 9.17) is 0 Å². The van der Waals surface area contributed by atoms with Gasteiger partial charge in [0, 0.05) is 12.3 Å². The predicted molar refractivity (Wildman–Crippen MR) is 64.8 cm³/mol. The third-order valence-electron chi connectivity index (χ3n) is 3.59. The molecule has 1 saturated carbocycles. The van der Waals surface area contributed by atoms with Crippen LogP contribution in [0.2, 0.25) is 0 Å². The summed E-state index contributed by atoms with van der Waals surface area (Å²) >= 11 is 0. The van der Waals surface area contributed by atoms with Crippen LogP contribution in [0.4, 0.5) is 0 Å². The van der Waals surface area contributed by atoms with Gasteiger partial charge in [0.2, 0.25) is 0 Å². The molecule has 1 rings (SSSR count). The molecule has 0 spiro atoms. The van der Waals surface area contributed by atoms with Gasteiger partial charge in [-0.05, 0) is 30.6 Å². The Bertz CT molecular complexity index is 204. The topological polar surface area (TPSA) is 17.1 Å². The highest BCUT2D eigenvalue weighted by Gasteiger charge is 2.24. The summed E-state index contributed by atoms with van der Waals surface area (Å²) in [7, 11) is 0. The van der Waals surface area contributed by atoms with Crippen molar-refractivity contribution in [2.45, 2.75) is 66.2 Å². The van der Waals surface area contributed by atoms with Crippen LogP contribution in [0.15, 0.2) is 0 Å². The van der Waals surface area contributed by atoms with Crippen LogP contribution in [-0.2, 0) is 4.79 Å². The molecule has 15 heavy (non-hydrogen) atoms.